The van der Waals surface area contributed by atoms with Crippen molar-refractivity contribution >= 4 is 22.9 Å². The first-order chi connectivity index (χ1) is 9.93. The molecular weight excluding hydrogens is 303 g/mol. The second-order valence-electron chi connectivity index (χ2n) is 4.18. The van der Waals surface area contributed by atoms with Crippen LogP contribution in [0.15, 0.2) is 35.0 Å². The molecule has 0 unspecified atom stereocenters. The van der Waals surface area contributed by atoms with Gasteiger partial charge in [-0.25, -0.2) is 0 Å². The second kappa shape index (κ2) is 6.15. The Morgan fingerprint density at radius 1 is 1.29 bits per heavy atom. The van der Waals surface area contributed by atoms with E-state index in [4.69, 9.17) is 5.84 Å². The number of carbonyl (C=O) groups is 1. The first-order valence-corrected chi connectivity index (χ1v) is 6.84. The van der Waals surface area contributed by atoms with E-state index in [9.17, 15) is 18.0 Å². The molecule has 0 aliphatic rings. The van der Waals surface area contributed by atoms with Crippen LogP contribution in [0.1, 0.15) is 21.5 Å². The number of hydrazine groups is 1. The number of nitrogens with two attached hydrogens (primary N) is 1. The summed E-state index contributed by atoms with van der Waals surface area (Å²) in [4.78, 5) is 12.0. The van der Waals surface area contributed by atoms with Crippen LogP contribution in [-0.2, 0) is 12.7 Å². The molecule has 0 bridgehead atoms. The number of para-hydroxylation sites is 1. The number of rotatable bonds is 4. The van der Waals surface area contributed by atoms with Gasteiger partial charge in [0, 0.05) is 6.54 Å². The topological polar surface area (TPSA) is 67.1 Å². The zero-order chi connectivity index (χ0) is 15.5. The fourth-order valence-corrected chi connectivity index (χ4v) is 2.47. The van der Waals surface area contributed by atoms with E-state index in [-0.39, 0.29) is 12.1 Å². The number of carbonyl (C=O) groups excluding carboxylic acids is 1. The third kappa shape index (κ3) is 3.53. The fraction of sp³-hybridized carbons (Fsp3) is 0.154. The van der Waals surface area contributed by atoms with Crippen LogP contribution in [0.3, 0.4) is 0 Å². The van der Waals surface area contributed by atoms with Gasteiger partial charge in [-0.2, -0.15) is 24.5 Å². The minimum absolute atomic E-state index is 0.150. The van der Waals surface area contributed by atoms with Crippen molar-refractivity contribution in [2.45, 2.75) is 12.7 Å². The van der Waals surface area contributed by atoms with Crippen molar-refractivity contribution in [3.63, 3.8) is 0 Å². The molecule has 0 spiro atoms. The number of halogens is 3. The van der Waals surface area contributed by atoms with Crippen LogP contribution in [0.4, 0.5) is 18.9 Å². The van der Waals surface area contributed by atoms with Crippen molar-refractivity contribution in [2.75, 3.05) is 5.43 Å². The number of alkyl halides is 3. The van der Waals surface area contributed by atoms with E-state index >= 15 is 0 Å². The number of thiophene rings is 1. The van der Waals surface area contributed by atoms with E-state index in [1.165, 1.54) is 23.5 Å². The lowest BCUT2D eigenvalue weighted by Crippen LogP contribution is -2.26. The molecule has 112 valence electrons. The summed E-state index contributed by atoms with van der Waals surface area (Å²) < 4.78 is 38.6. The molecule has 0 saturated carbocycles. The van der Waals surface area contributed by atoms with Gasteiger partial charge in [0.05, 0.1) is 16.8 Å². The molecule has 1 aromatic carbocycles. The summed E-state index contributed by atoms with van der Waals surface area (Å²) in [5.41, 5.74) is 1.28. The van der Waals surface area contributed by atoms with Crippen molar-refractivity contribution in [3.8, 4) is 0 Å². The highest BCUT2D eigenvalue weighted by Gasteiger charge is 2.35. The van der Waals surface area contributed by atoms with E-state index in [1.54, 1.807) is 0 Å². The Balaban J connectivity index is 2.24. The van der Waals surface area contributed by atoms with Crippen LogP contribution in [0, 0.1) is 0 Å². The van der Waals surface area contributed by atoms with Crippen LogP contribution in [-0.4, -0.2) is 5.91 Å². The summed E-state index contributed by atoms with van der Waals surface area (Å²) in [6.45, 7) is 0.239. The summed E-state index contributed by atoms with van der Waals surface area (Å²) in [5, 5.41) is 6.25. The van der Waals surface area contributed by atoms with Gasteiger partial charge in [0.15, 0.2) is 0 Å². The molecule has 1 aromatic heterocycles. The normalized spacial score (nSPS) is 11.2. The molecule has 0 atom stereocenters. The van der Waals surface area contributed by atoms with E-state index in [0.29, 0.717) is 0 Å². The Bertz CT molecular complexity index is 626. The average Bonchev–Trinajstić information content (AvgIpc) is 2.96. The van der Waals surface area contributed by atoms with E-state index < -0.39 is 23.3 Å². The van der Waals surface area contributed by atoms with Crippen LogP contribution < -0.4 is 16.6 Å². The van der Waals surface area contributed by atoms with Gasteiger partial charge in [-0.15, -0.1) is 0 Å². The molecule has 0 aliphatic heterocycles. The van der Waals surface area contributed by atoms with Gasteiger partial charge >= 0.3 is 6.18 Å². The van der Waals surface area contributed by atoms with Gasteiger partial charge in [-0.3, -0.25) is 10.6 Å². The smallest absolute Gasteiger partial charge is 0.348 e. The standard InChI is InChI=1S/C13H12F3N3OS/c14-13(15,16)10-3-1-2-9(11(10)19-17)12(20)18-6-8-4-5-21-7-8/h1-5,7,19H,6,17H2,(H,18,20). The number of hydrogen-bond donors (Lipinski definition) is 3. The zero-order valence-corrected chi connectivity index (χ0v) is 11.5. The number of hydrogen-bond acceptors (Lipinski definition) is 4. The van der Waals surface area contributed by atoms with Gasteiger partial charge in [0.25, 0.3) is 5.91 Å². The quantitative estimate of drug-likeness (QED) is 0.600. The summed E-state index contributed by atoms with van der Waals surface area (Å²) in [7, 11) is 0. The largest absolute Gasteiger partial charge is 0.418 e. The molecule has 1 heterocycles. The highest BCUT2D eigenvalue weighted by Crippen LogP contribution is 2.36. The molecule has 0 radical (unpaired) electrons. The maximum absolute atomic E-state index is 12.9. The maximum Gasteiger partial charge on any atom is 0.418 e. The van der Waals surface area contributed by atoms with Crippen molar-refractivity contribution in [2.24, 2.45) is 5.84 Å². The first-order valence-electron chi connectivity index (χ1n) is 5.89. The molecule has 2 aromatic rings. The van der Waals surface area contributed by atoms with Gasteiger partial charge < -0.3 is 10.7 Å². The highest BCUT2D eigenvalue weighted by atomic mass is 32.1. The molecular formula is C13H12F3N3OS. The number of anilines is 1. The minimum atomic E-state index is -4.59. The third-order valence-corrected chi connectivity index (χ3v) is 3.52. The average molecular weight is 315 g/mol. The zero-order valence-electron chi connectivity index (χ0n) is 10.7. The van der Waals surface area contributed by atoms with Crippen molar-refractivity contribution < 1.29 is 18.0 Å². The Kier molecular flexibility index (Phi) is 4.49. The molecule has 0 saturated heterocycles. The monoisotopic (exact) mass is 315 g/mol. The maximum atomic E-state index is 12.9. The molecule has 1 amide bonds. The second-order valence-corrected chi connectivity index (χ2v) is 4.96. The Hall–Kier alpha value is -2.06. The lowest BCUT2D eigenvalue weighted by molar-refractivity contribution is -0.137. The lowest BCUT2D eigenvalue weighted by Gasteiger charge is -2.15. The van der Waals surface area contributed by atoms with Crippen molar-refractivity contribution in [1.82, 2.24) is 5.32 Å². The van der Waals surface area contributed by atoms with E-state index in [1.807, 2.05) is 22.3 Å². The number of amides is 1. The van der Waals surface area contributed by atoms with Crippen LogP contribution >= 0.6 is 11.3 Å². The highest BCUT2D eigenvalue weighted by molar-refractivity contribution is 7.07. The predicted octanol–water partition coefficient (Wildman–Crippen LogP) is 2.98. The van der Waals surface area contributed by atoms with Crippen molar-refractivity contribution in [1.29, 1.82) is 0 Å². The van der Waals surface area contributed by atoms with E-state index in [2.05, 4.69) is 5.32 Å². The minimum Gasteiger partial charge on any atom is -0.348 e. The fourth-order valence-electron chi connectivity index (χ4n) is 1.80. The van der Waals surface area contributed by atoms with Gasteiger partial charge in [0.1, 0.15) is 0 Å². The molecule has 2 rings (SSSR count). The molecule has 0 aliphatic carbocycles. The Morgan fingerprint density at radius 2 is 2.05 bits per heavy atom. The summed E-state index contributed by atoms with van der Waals surface area (Å²) >= 11 is 1.47. The SMILES string of the molecule is NNc1c(C(=O)NCc2ccsc2)cccc1C(F)(F)F. The molecule has 4 N–H and O–H groups in total. The van der Waals surface area contributed by atoms with Gasteiger partial charge in [-0.05, 0) is 34.5 Å². The third-order valence-electron chi connectivity index (χ3n) is 2.79. The summed E-state index contributed by atoms with van der Waals surface area (Å²) in [6, 6.07) is 5.14. The number of nitrogens with one attached hydrogen (secondary N) is 2. The van der Waals surface area contributed by atoms with Gasteiger partial charge in [0.2, 0.25) is 0 Å². The lowest BCUT2D eigenvalue weighted by atomic mass is 10.1. The first kappa shape index (κ1) is 15.3. The molecule has 4 nitrogen and oxygen atoms in total. The molecule has 21 heavy (non-hydrogen) atoms. The Morgan fingerprint density at radius 3 is 2.62 bits per heavy atom. The molecule has 0 fully saturated rings. The van der Waals surface area contributed by atoms with Gasteiger partial charge in [-0.1, -0.05) is 6.07 Å². The van der Waals surface area contributed by atoms with E-state index in [0.717, 1.165) is 11.6 Å². The van der Waals surface area contributed by atoms with Crippen molar-refractivity contribution in [3.05, 3.63) is 51.7 Å². The van der Waals surface area contributed by atoms with Crippen LogP contribution in [0.2, 0.25) is 0 Å². The Labute approximate surface area is 122 Å². The molecule has 8 heteroatoms. The number of benzene rings is 1. The van der Waals surface area contributed by atoms with Crippen LogP contribution in [0.5, 0.6) is 0 Å². The van der Waals surface area contributed by atoms with Crippen LogP contribution in [0.25, 0.3) is 0 Å². The predicted molar refractivity (Wildman–Crippen MR) is 74.7 cm³/mol. The summed E-state index contributed by atoms with van der Waals surface area (Å²) in [6.07, 6.45) is -4.59. The number of nitrogen functional groups attached to an aromatic ring is 1. The summed E-state index contributed by atoms with van der Waals surface area (Å²) in [5.74, 6) is 4.52.